The average molecular weight is 487 g/mol. The van der Waals surface area contributed by atoms with E-state index in [4.69, 9.17) is 9.47 Å². The number of hydrogen-bond acceptors (Lipinski definition) is 7. The number of hydrogen-bond donors (Lipinski definition) is 2. The van der Waals surface area contributed by atoms with Gasteiger partial charge in [-0.15, -0.1) is 0 Å². The van der Waals surface area contributed by atoms with Gasteiger partial charge in [-0.25, -0.2) is 4.79 Å². The number of cyclic esters (lactones) is 2. The molecule has 1 aromatic carbocycles. The minimum Gasteiger partial charge on any atom is -0.462 e. The van der Waals surface area contributed by atoms with Crippen molar-refractivity contribution < 1.29 is 34.1 Å². The van der Waals surface area contributed by atoms with E-state index in [0.29, 0.717) is 0 Å². The third-order valence-electron chi connectivity index (χ3n) is 6.71. The smallest absolute Gasteiger partial charge is 0.330 e. The van der Waals surface area contributed by atoms with Gasteiger partial charge in [0.1, 0.15) is 11.9 Å². The first-order chi connectivity index (χ1) is 16.4. The maximum atomic E-state index is 13.1. The minimum absolute atomic E-state index is 0.0560. The zero-order valence-corrected chi connectivity index (χ0v) is 21.2. The van der Waals surface area contributed by atoms with Gasteiger partial charge in [0, 0.05) is 30.3 Å². The number of rotatable bonds is 3. The second-order valence-corrected chi connectivity index (χ2v) is 9.99. The lowest BCUT2D eigenvalue weighted by Gasteiger charge is -2.34. The van der Waals surface area contributed by atoms with E-state index in [1.54, 1.807) is 33.8 Å². The lowest BCUT2D eigenvalue weighted by molar-refractivity contribution is -0.156. The zero-order chi connectivity index (χ0) is 26.2. The number of ether oxygens (including phenoxy) is 2. The molecule has 0 unspecified atom stereocenters. The number of aliphatic hydroxyl groups excluding tert-OH is 2. The number of carbonyl (C=O) groups excluding carboxylic acids is 3. The van der Waals surface area contributed by atoms with E-state index in [0.717, 1.165) is 5.56 Å². The molecule has 192 valence electrons. The molecule has 0 saturated carbocycles. The van der Waals surface area contributed by atoms with E-state index in [1.807, 2.05) is 49.4 Å². The molecule has 0 saturated heterocycles. The van der Waals surface area contributed by atoms with Gasteiger partial charge in [0.2, 0.25) is 0 Å². The van der Waals surface area contributed by atoms with Gasteiger partial charge in [-0.1, -0.05) is 83.2 Å². The molecule has 1 aliphatic heterocycles. The Kier molecular flexibility index (Phi) is 10.4. The van der Waals surface area contributed by atoms with Gasteiger partial charge >= 0.3 is 11.9 Å². The summed E-state index contributed by atoms with van der Waals surface area (Å²) in [6.07, 6.45) is 3.65. The first-order valence-corrected chi connectivity index (χ1v) is 12.1. The molecule has 1 aromatic rings. The SMILES string of the molecule is C[C@H](/C=C/c1ccccc1)[C@@H]1C/C=C/C(=O)OC[C@H](C)[C@H](O)[C@@H](C)C(=O)C(C)(C)[C@@H](O)CC(=O)O1. The van der Waals surface area contributed by atoms with E-state index in [9.17, 15) is 24.6 Å². The van der Waals surface area contributed by atoms with Gasteiger partial charge < -0.3 is 19.7 Å². The van der Waals surface area contributed by atoms with Crippen LogP contribution in [0.5, 0.6) is 0 Å². The lowest BCUT2D eigenvalue weighted by Crippen LogP contribution is -2.46. The predicted octanol–water partition coefficient (Wildman–Crippen LogP) is 3.73. The summed E-state index contributed by atoms with van der Waals surface area (Å²) in [6, 6.07) is 9.69. The van der Waals surface area contributed by atoms with Gasteiger partial charge in [0.15, 0.2) is 0 Å². The highest BCUT2D eigenvalue weighted by molar-refractivity contribution is 5.88. The van der Waals surface area contributed by atoms with Crippen molar-refractivity contribution in [2.75, 3.05) is 6.61 Å². The molecule has 2 N–H and O–H groups in total. The van der Waals surface area contributed by atoms with Crippen LogP contribution in [-0.4, -0.2) is 52.9 Å². The normalized spacial score (nSPS) is 30.9. The quantitative estimate of drug-likeness (QED) is 0.627. The summed E-state index contributed by atoms with van der Waals surface area (Å²) in [4.78, 5) is 38.0. The topological polar surface area (TPSA) is 110 Å². The molecule has 0 amide bonds. The zero-order valence-electron chi connectivity index (χ0n) is 21.2. The van der Waals surface area contributed by atoms with Crippen LogP contribution in [0.15, 0.2) is 48.6 Å². The number of esters is 2. The van der Waals surface area contributed by atoms with E-state index < -0.39 is 47.5 Å². The van der Waals surface area contributed by atoms with Crippen molar-refractivity contribution in [1.29, 1.82) is 0 Å². The molecule has 1 heterocycles. The minimum atomic E-state index is -1.29. The first-order valence-electron chi connectivity index (χ1n) is 12.1. The average Bonchev–Trinajstić information content (AvgIpc) is 2.83. The summed E-state index contributed by atoms with van der Waals surface area (Å²) >= 11 is 0. The van der Waals surface area contributed by atoms with E-state index in [-0.39, 0.29) is 31.1 Å². The van der Waals surface area contributed by atoms with Crippen LogP contribution >= 0.6 is 0 Å². The van der Waals surface area contributed by atoms with Crippen LogP contribution in [0.1, 0.15) is 53.0 Å². The molecule has 0 fully saturated rings. The largest absolute Gasteiger partial charge is 0.462 e. The number of aliphatic hydroxyl groups is 2. The first kappa shape index (κ1) is 28.5. The maximum Gasteiger partial charge on any atom is 0.330 e. The fourth-order valence-electron chi connectivity index (χ4n) is 4.01. The van der Waals surface area contributed by atoms with E-state index in [1.165, 1.54) is 6.08 Å². The number of ketones is 1. The molecular formula is C28H38O7. The highest BCUT2D eigenvalue weighted by Crippen LogP contribution is 2.31. The molecule has 0 radical (unpaired) electrons. The molecule has 7 heteroatoms. The summed E-state index contributed by atoms with van der Waals surface area (Å²) in [5.41, 5.74) is -0.291. The highest BCUT2D eigenvalue weighted by Gasteiger charge is 2.42. The van der Waals surface area contributed by atoms with Crippen molar-refractivity contribution in [1.82, 2.24) is 0 Å². The fraction of sp³-hybridized carbons (Fsp3) is 0.536. The Balaban J connectivity index is 2.27. The van der Waals surface area contributed by atoms with Crippen molar-refractivity contribution in [3.05, 3.63) is 54.1 Å². The molecule has 1 aliphatic rings. The van der Waals surface area contributed by atoms with Gasteiger partial charge in [0.05, 0.1) is 30.7 Å². The monoisotopic (exact) mass is 486 g/mol. The third kappa shape index (κ3) is 8.15. The second-order valence-electron chi connectivity index (χ2n) is 9.99. The van der Waals surface area contributed by atoms with Crippen LogP contribution in [0.3, 0.4) is 0 Å². The van der Waals surface area contributed by atoms with E-state index in [2.05, 4.69) is 0 Å². The van der Waals surface area contributed by atoms with Crippen LogP contribution in [-0.2, 0) is 23.9 Å². The molecule has 0 bridgehead atoms. The Hall–Kier alpha value is -2.77. The van der Waals surface area contributed by atoms with Gasteiger partial charge in [-0.2, -0.15) is 0 Å². The van der Waals surface area contributed by atoms with Gasteiger partial charge in [-0.3, -0.25) is 9.59 Å². The Morgan fingerprint density at radius 2 is 1.74 bits per heavy atom. The molecular weight excluding hydrogens is 448 g/mol. The maximum absolute atomic E-state index is 13.1. The Morgan fingerprint density at radius 1 is 1.09 bits per heavy atom. The molecule has 0 aliphatic carbocycles. The highest BCUT2D eigenvalue weighted by atomic mass is 16.5. The molecule has 2 rings (SSSR count). The predicted molar refractivity (Wildman–Crippen MR) is 133 cm³/mol. The third-order valence-corrected chi connectivity index (χ3v) is 6.71. The van der Waals surface area contributed by atoms with Crippen molar-refractivity contribution in [2.45, 2.75) is 65.8 Å². The van der Waals surface area contributed by atoms with Crippen molar-refractivity contribution >= 4 is 23.8 Å². The van der Waals surface area contributed by atoms with E-state index >= 15 is 0 Å². The number of carbonyl (C=O) groups is 3. The summed E-state index contributed by atoms with van der Waals surface area (Å²) in [7, 11) is 0. The summed E-state index contributed by atoms with van der Waals surface area (Å²) in [5, 5.41) is 21.4. The Morgan fingerprint density at radius 3 is 2.40 bits per heavy atom. The molecule has 6 atom stereocenters. The Bertz CT molecular complexity index is 918. The lowest BCUT2D eigenvalue weighted by atomic mass is 9.73. The summed E-state index contributed by atoms with van der Waals surface area (Å²) in [5.74, 6) is -3.13. The Labute approximate surface area is 207 Å². The van der Waals surface area contributed by atoms with Crippen molar-refractivity contribution in [3.8, 4) is 0 Å². The second kappa shape index (κ2) is 12.8. The summed E-state index contributed by atoms with van der Waals surface area (Å²) in [6.45, 7) is 8.20. The van der Waals surface area contributed by atoms with Gasteiger partial charge in [-0.05, 0) is 5.56 Å². The van der Waals surface area contributed by atoms with Crippen molar-refractivity contribution in [2.24, 2.45) is 23.2 Å². The number of Topliss-reactive ketones (excluding diaryl/α,β-unsaturated/α-hetero) is 1. The van der Waals surface area contributed by atoms with Crippen LogP contribution in [0.4, 0.5) is 0 Å². The van der Waals surface area contributed by atoms with Crippen LogP contribution in [0.2, 0.25) is 0 Å². The van der Waals surface area contributed by atoms with Crippen LogP contribution in [0, 0.1) is 23.2 Å². The molecule has 35 heavy (non-hydrogen) atoms. The molecule has 7 nitrogen and oxygen atoms in total. The van der Waals surface area contributed by atoms with Crippen LogP contribution < -0.4 is 0 Å². The number of benzene rings is 1. The standard InChI is InChI=1S/C28H38O7/c1-18(14-15-21-10-7-6-8-11-21)22-12-9-13-24(30)34-17-19(2)26(32)20(3)27(33)28(4,5)23(29)16-25(31)35-22/h6-11,13-15,18-20,22-23,26,29,32H,12,16-17H2,1-5H3/b13-9+,15-14+/t18-,19+,20-,22+,23+,26+/m1/s1. The fourth-order valence-corrected chi connectivity index (χ4v) is 4.01. The summed E-state index contributed by atoms with van der Waals surface area (Å²) < 4.78 is 10.9. The van der Waals surface area contributed by atoms with Gasteiger partial charge in [0.25, 0.3) is 0 Å². The van der Waals surface area contributed by atoms with Crippen LogP contribution in [0.25, 0.3) is 6.08 Å². The van der Waals surface area contributed by atoms with Crippen molar-refractivity contribution in [3.63, 3.8) is 0 Å². The molecule has 0 aromatic heterocycles. The molecule has 0 spiro atoms.